The molecule has 3 aromatic carbocycles. The summed E-state index contributed by atoms with van der Waals surface area (Å²) in [5, 5.41) is 0. The summed E-state index contributed by atoms with van der Waals surface area (Å²) in [6.45, 7) is 6.22. The number of aryl methyl sites for hydroxylation is 2. The second-order valence-electron chi connectivity index (χ2n) is 7.11. The number of anilines is 1. The van der Waals surface area contributed by atoms with Crippen LogP contribution in [-0.2, 0) is 24.4 Å². The Labute approximate surface area is 171 Å². The van der Waals surface area contributed by atoms with Crippen molar-refractivity contribution in [2.75, 3.05) is 4.90 Å². The number of amides is 1. The number of ether oxygens (including phenoxy) is 1. The van der Waals surface area contributed by atoms with Gasteiger partial charge in [0.25, 0.3) is 0 Å². The van der Waals surface area contributed by atoms with E-state index in [0.717, 1.165) is 34.4 Å². The highest BCUT2D eigenvalue weighted by atomic mass is 19.1. The molecule has 0 aliphatic heterocycles. The first kappa shape index (κ1) is 20.6. The first-order valence-corrected chi connectivity index (χ1v) is 9.80. The first-order chi connectivity index (χ1) is 14.0. The van der Waals surface area contributed by atoms with Crippen molar-refractivity contribution in [1.82, 2.24) is 0 Å². The standard InChI is InChI=1S/C25H26FNO2/c1-4-20-11-13-25(29-17-21-8-6-5-7-9-21)22(14-20)16-27(19(3)28)24-15-23(26)12-10-18(24)2/h5-15H,4,16-17H2,1-3H3. The zero-order valence-electron chi connectivity index (χ0n) is 17.1. The monoisotopic (exact) mass is 391 g/mol. The van der Waals surface area contributed by atoms with Gasteiger partial charge in [0, 0.05) is 18.2 Å². The van der Waals surface area contributed by atoms with Crippen LogP contribution in [0.4, 0.5) is 10.1 Å². The molecule has 1 amide bonds. The van der Waals surface area contributed by atoms with E-state index in [4.69, 9.17) is 4.74 Å². The molecule has 3 rings (SSSR count). The molecule has 0 bridgehead atoms. The minimum Gasteiger partial charge on any atom is -0.489 e. The van der Waals surface area contributed by atoms with Gasteiger partial charge >= 0.3 is 0 Å². The van der Waals surface area contributed by atoms with Crippen molar-refractivity contribution < 1.29 is 13.9 Å². The lowest BCUT2D eigenvalue weighted by Gasteiger charge is -2.25. The van der Waals surface area contributed by atoms with Gasteiger partial charge < -0.3 is 9.64 Å². The van der Waals surface area contributed by atoms with Gasteiger partial charge in [-0.05, 0) is 48.2 Å². The fourth-order valence-corrected chi connectivity index (χ4v) is 3.26. The van der Waals surface area contributed by atoms with Gasteiger partial charge in [0.2, 0.25) is 5.91 Å². The third kappa shape index (κ3) is 5.23. The van der Waals surface area contributed by atoms with Crippen LogP contribution < -0.4 is 9.64 Å². The highest BCUT2D eigenvalue weighted by Gasteiger charge is 2.18. The summed E-state index contributed by atoms with van der Waals surface area (Å²) in [5.74, 6) is 0.223. The van der Waals surface area contributed by atoms with E-state index in [2.05, 4.69) is 13.0 Å². The summed E-state index contributed by atoms with van der Waals surface area (Å²) in [6.07, 6.45) is 0.880. The Morgan fingerprint density at radius 1 is 1.00 bits per heavy atom. The third-order valence-corrected chi connectivity index (χ3v) is 4.94. The summed E-state index contributed by atoms with van der Waals surface area (Å²) in [7, 11) is 0. The number of rotatable bonds is 7. The molecule has 0 radical (unpaired) electrons. The van der Waals surface area contributed by atoms with Crippen molar-refractivity contribution in [3.8, 4) is 5.75 Å². The molecule has 0 aromatic heterocycles. The molecular formula is C25H26FNO2. The maximum atomic E-state index is 13.9. The Bertz CT molecular complexity index is 985. The van der Waals surface area contributed by atoms with Crippen LogP contribution in [0, 0.1) is 12.7 Å². The molecular weight excluding hydrogens is 365 g/mol. The van der Waals surface area contributed by atoms with E-state index >= 15 is 0 Å². The van der Waals surface area contributed by atoms with Crippen LogP contribution in [0.15, 0.2) is 66.7 Å². The molecule has 3 nitrogen and oxygen atoms in total. The number of nitrogens with zero attached hydrogens (tertiary/aromatic N) is 1. The number of carbonyl (C=O) groups is 1. The first-order valence-electron chi connectivity index (χ1n) is 9.80. The summed E-state index contributed by atoms with van der Waals surface area (Å²) in [4.78, 5) is 14.0. The zero-order valence-corrected chi connectivity index (χ0v) is 17.1. The minimum absolute atomic E-state index is 0.144. The van der Waals surface area contributed by atoms with E-state index in [1.807, 2.05) is 49.4 Å². The molecule has 150 valence electrons. The summed E-state index contributed by atoms with van der Waals surface area (Å²) in [6, 6.07) is 20.5. The van der Waals surface area contributed by atoms with Crippen molar-refractivity contribution in [3.63, 3.8) is 0 Å². The average Bonchev–Trinajstić information content (AvgIpc) is 2.73. The maximum Gasteiger partial charge on any atom is 0.224 e. The largest absolute Gasteiger partial charge is 0.489 e. The average molecular weight is 391 g/mol. The Balaban J connectivity index is 1.92. The number of hydrogen-bond acceptors (Lipinski definition) is 2. The van der Waals surface area contributed by atoms with Crippen LogP contribution in [0.25, 0.3) is 0 Å². The molecule has 3 aromatic rings. The van der Waals surface area contributed by atoms with Crippen molar-refractivity contribution in [1.29, 1.82) is 0 Å². The van der Waals surface area contributed by atoms with Gasteiger partial charge in [-0.1, -0.05) is 55.5 Å². The molecule has 0 unspecified atom stereocenters. The Morgan fingerprint density at radius 3 is 2.45 bits per heavy atom. The zero-order chi connectivity index (χ0) is 20.8. The summed E-state index contributed by atoms with van der Waals surface area (Å²) < 4.78 is 19.9. The summed E-state index contributed by atoms with van der Waals surface area (Å²) >= 11 is 0. The van der Waals surface area contributed by atoms with Gasteiger partial charge in [-0.2, -0.15) is 0 Å². The minimum atomic E-state index is -0.361. The molecule has 0 saturated carbocycles. The van der Waals surface area contributed by atoms with Gasteiger partial charge in [-0.3, -0.25) is 4.79 Å². The number of carbonyl (C=O) groups excluding carboxylic acids is 1. The fourth-order valence-electron chi connectivity index (χ4n) is 3.26. The molecule has 0 aliphatic rings. The van der Waals surface area contributed by atoms with Crippen molar-refractivity contribution in [2.45, 2.75) is 40.3 Å². The Hall–Kier alpha value is -3.14. The lowest BCUT2D eigenvalue weighted by atomic mass is 10.1. The molecule has 0 aliphatic carbocycles. The van der Waals surface area contributed by atoms with E-state index in [0.29, 0.717) is 18.8 Å². The quantitative estimate of drug-likeness (QED) is 0.507. The van der Waals surface area contributed by atoms with E-state index < -0.39 is 0 Å². The summed E-state index contributed by atoms with van der Waals surface area (Å²) in [5.41, 5.74) is 4.56. The molecule has 0 fully saturated rings. The van der Waals surface area contributed by atoms with Crippen LogP contribution in [0.3, 0.4) is 0 Å². The van der Waals surface area contributed by atoms with Crippen molar-refractivity contribution >= 4 is 11.6 Å². The van der Waals surface area contributed by atoms with Crippen molar-refractivity contribution in [2.24, 2.45) is 0 Å². The van der Waals surface area contributed by atoms with Gasteiger partial charge in [-0.15, -0.1) is 0 Å². The van der Waals surface area contributed by atoms with Crippen LogP contribution in [0.1, 0.15) is 36.1 Å². The van der Waals surface area contributed by atoms with E-state index in [9.17, 15) is 9.18 Å². The fraction of sp³-hybridized carbons (Fsp3) is 0.240. The van der Waals surface area contributed by atoms with Gasteiger partial charge in [0.05, 0.1) is 6.54 Å². The Morgan fingerprint density at radius 2 is 1.76 bits per heavy atom. The van der Waals surface area contributed by atoms with Crippen LogP contribution in [-0.4, -0.2) is 5.91 Å². The predicted octanol–water partition coefficient (Wildman–Crippen LogP) is 5.83. The van der Waals surface area contributed by atoms with Crippen LogP contribution in [0.2, 0.25) is 0 Å². The van der Waals surface area contributed by atoms with Gasteiger partial charge in [-0.25, -0.2) is 4.39 Å². The van der Waals surface area contributed by atoms with E-state index in [-0.39, 0.29) is 11.7 Å². The van der Waals surface area contributed by atoms with E-state index in [1.54, 1.807) is 11.0 Å². The smallest absolute Gasteiger partial charge is 0.224 e. The SMILES string of the molecule is CCc1ccc(OCc2ccccc2)c(CN(C(C)=O)c2cc(F)ccc2C)c1. The number of benzene rings is 3. The molecule has 0 atom stereocenters. The second-order valence-corrected chi connectivity index (χ2v) is 7.11. The third-order valence-electron chi connectivity index (χ3n) is 4.94. The highest BCUT2D eigenvalue weighted by molar-refractivity contribution is 5.92. The van der Waals surface area contributed by atoms with Gasteiger partial charge in [0.15, 0.2) is 0 Å². The molecule has 4 heteroatoms. The van der Waals surface area contributed by atoms with Crippen molar-refractivity contribution in [3.05, 3.63) is 94.8 Å². The van der Waals surface area contributed by atoms with Crippen LogP contribution >= 0.6 is 0 Å². The molecule has 0 saturated heterocycles. The lowest BCUT2D eigenvalue weighted by Crippen LogP contribution is -2.29. The number of hydrogen-bond donors (Lipinski definition) is 0. The predicted molar refractivity (Wildman–Crippen MR) is 115 cm³/mol. The Kier molecular flexibility index (Phi) is 6.65. The topological polar surface area (TPSA) is 29.5 Å². The van der Waals surface area contributed by atoms with Gasteiger partial charge in [0.1, 0.15) is 18.2 Å². The lowest BCUT2D eigenvalue weighted by molar-refractivity contribution is -0.116. The molecule has 29 heavy (non-hydrogen) atoms. The highest BCUT2D eigenvalue weighted by Crippen LogP contribution is 2.28. The maximum absolute atomic E-state index is 13.9. The van der Waals surface area contributed by atoms with E-state index in [1.165, 1.54) is 19.1 Å². The van der Waals surface area contributed by atoms with Crippen LogP contribution in [0.5, 0.6) is 5.75 Å². The normalized spacial score (nSPS) is 10.6. The number of halogens is 1. The second kappa shape index (κ2) is 9.37. The molecule has 0 spiro atoms. The molecule has 0 heterocycles. The molecule has 0 N–H and O–H groups in total.